The van der Waals surface area contributed by atoms with E-state index in [-0.39, 0.29) is 17.5 Å². The highest BCUT2D eigenvalue weighted by Gasteiger charge is 2.25. The SMILES string of the molecule is CC(=O)N(C=C1N=C(c2ccccc2)OC1=O)c1cccc(Cl)c1. The maximum Gasteiger partial charge on any atom is 0.365 e. The smallest absolute Gasteiger partial charge is 0.365 e. The zero-order chi connectivity index (χ0) is 17.1. The van der Waals surface area contributed by atoms with E-state index in [9.17, 15) is 9.59 Å². The van der Waals surface area contributed by atoms with Gasteiger partial charge < -0.3 is 4.74 Å². The van der Waals surface area contributed by atoms with Crippen LogP contribution in [0, 0.1) is 0 Å². The molecule has 2 aromatic carbocycles. The summed E-state index contributed by atoms with van der Waals surface area (Å²) in [6, 6.07) is 15.8. The van der Waals surface area contributed by atoms with Crippen molar-refractivity contribution in [3.05, 3.63) is 77.1 Å². The summed E-state index contributed by atoms with van der Waals surface area (Å²) in [5.74, 6) is -0.676. The van der Waals surface area contributed by atoms with Crippen molar-refractivity contribution in [1.29, 1.82) is 0 Å². The number of hydrogen-bond acceptors (Lipinski definition) is 4. The number of halogens is 1. The van der Waals surface area contributed by atoms with Crippen LogP contribution < -0.4 is 4.90 Å². The van der Waals surface area contributed by atoms with E-state index in [1.165, 1.54) is 18.0 Å². The van der Waals surface area contributed by atoms with E-state index in [0.29, 0.717) is 16.3 Å². The van der Waals surface area contributed by atoms with Crippen LogP contribution in [0.5, 0.6) is 0 Å². The number of amides is 1. The Kier molecular flexibility index (Phi) is 4.44. The minimum absolute atomic E-state index is 0.0454. The van der Waals surface area contributed by atoms with E-state index in [0.717, 1.165) is 0 Å². The maximum atomic E-state index is 12.0. The van der Waals surface area contributed by atoms with Crippen LogP contribution in [0.15, 0.2) is 71.5 Å². The molecule has 0 atom stereocenters. The number of ether oxygens (including phenoxy) is 1. The molecule has 0 spiro atoms. The summed E-state index contributed by atoms with van der Waals surface area (Å²) in [4.78, 5) is 29.5. The molecule has 0 radical (unpaired) electrons. The summed E-state index contributed by atoms with van der Waals surface area (Å²) in [6.45, 7) is 1.39. The first-order valence-electron chi connectivity index (χ1n) is 7.18. The number of anilines is 1. The molecule has 0 saturated heterocycles. The third-order valence-electron chi connectivity index (χ3n) is 3.32. The van der Waals surface area contributed by atoms with Crippen molar-refractivity contribution in [2.75, 3.05) is 4.90 Å². The molecule has 1 aliphatic heterocycles. The summed E-state index contributed by atoms with van der Waals surface area (Å²) in [5, 5.41) is 0.486. The Labute approximate surface area is 143 Å². The molecule has 5 nitrogen and oxygen atoms in total. The molecule has 3 rings (SSSR count). The molecule has 0 aliphatic carbocycles. The molecule has 0 unspecified atom stereocenters. The van der Waals surface area contributed by atoms with Gasteiger partial charge in [-0.25, -0.2) is 9.79 Å². The van der Waals surface area contributed by atoms with E-state index in [4.69, 9.17) is 16.3 Å². The number of rotatable bonds is 3. The summed E-state index contributed by atoms with van der Waals surface area (Å²) < 4.78 is 5.18. The summed E-state index contributed by atoms with van der Waals surface area (Å²) in [6.07, 6.45) is 1.35. The highest BCUT2D eigenvalue weighted by atomic mass is 35.5. The van der Waals surface area contributed by atoms with Gasteiger partial charge in [0.05, 0.1) is 0 Å². The number of carbonyl (C=O) groups excluding carboxylic acids is 2. The normalized spacial score (nSPS) is 15.2. The highest BCUT2D eigenvalue weighted by molar-refractivity contribution is 6.31. The Bertz CT molecular complexity index is 860. The van der Waals surface area contributed by atoms with Gasteiger partial charge in [-0.3, -0.25) is 9.69 Å². The third kappa shape index (κ3) is 3.36. The predicted molar refractivity (Wildman–Crippen MR) is 91.8 cm³/mol. The van der Waals surface area contributed by atoms with Crippen LogP contribution in [-0.4, -0.2) is 17.8 Å². The number of nitrogens with zero attached hydrogens (tertiary/aromatic N) is 2. The van der Waals surface area contributed by atoms with Crippen molar-refractivity contribution < 1.29 is 14.3 Å². The quantitative estimate of drug-likeness (QED) is 0.634. The second-order valence-corrected chi connectivity index (χ2v) is 5.49. The Morgan fingerprint density at radius 1 is 1.17 bits per heavy atom. The van der Waals surface area contributed by atoms with Crippen molar-refractivity contribution in [2.45, 2.75) is 6.92 Å². The first-order chi connectivity index (χ1) is 11.5. The summed E-state index contributed by atoms with van der Waals surface area (Å²) in [5.41, 5.74) is 1.27. The van der Waals surface area contributed by atoms with E-state index in [1.54, 1.807) is 36.4 Å². The Morgan fingerprint density at radius 2 is 1.92 bits per heavy atom. The average molecular weight is 341 g/mol. The van der Waals surface area contributed by atoms with E-state index in [2.05, 4.69) is 4.99 Å². The van der Waals surface area contributed by atoms with Crippen LogP contribution in [0.25, 0.3) is 0 Å². The molecule has 120 valence electrons. The van der Waals surface area contributed by atoms with Gasteiger partial charge in [-0.2, -0.15) is 0 Å². The molecule has 1 amide bonds. The molecule has 1 aliphatic rings. The Hall–Kier alpha value is -2.92. The number of benzene rings is 2. The first-order valence-corrected chi connectivity index (χ1v) is 7.56. The van der Waals surface area contributed by atoms with Gasteiger partial charge in [0.1, 0.15) is 0 Å². The van der Waals surface area contributed by atoms with Crippen molar-refractivity contribution in [2.24, 2.45) is 4.99 Å². The van der Waals surface area contributed by atoms with Crippen LogP contribution in [0.3, 0.4) is 0 Å². The molecule has 6 heteroatoms. The number of carbonyl (C=O) groups is 2. The molecule has 0 fully saturated rings. The number of hydrogen-bond donors (Lipinski definition) is 0. The third-order valence-corrected chi connectivity index (χ3v) is 3.55. The van der Waals surface area contributed by atoms with Gasteiger partial charge in [0.2, 0.25) is 11.8 Å². The molecule has 0 bridgehead atoms. The number of aliphatic imine (C=N–C) groups is 1. The first kappa shape index (κ1) is 16.0. The van der Waals surface area contributed by atoms with Gasteiger partial charge >= 0.3 is 5.97 Å². The average Bonchev–Trinajstić information content (AvgIpc) is 2.94. The lowest BCUT2D eigenvalue weighted by Crippen LogP contribution is -2.23. The fourth-order valence-corrected chi connectivity index (χ4v) is 2.38. The van der Waals surface area contributed by atoms with Crippen molar-refractivity contribution >= 4 is 35.1 Å². The molecule has 2 aromatic rings. The highest BCUT2D eigenvalue weighted by Crippen LogP contribution is 2.23. The molecule has 0 saturated carbocycles. The number of cyclic esters (lactones) is 1. The number of esters is 1. The maximum absolute atomic E-state index is 12.0. The lowest BCUT2D eigenvalue weighted by Gasteiger charge is -2.16. The van der Waals surface area contributed by atoms with Crippen LogP contribution in [0.1, 0.15) is 12.5 Å². The van der Waals surface area contributed by atoms with Crippen LogP contribution in [0.2, 0.25) is 5.02 Å². The van der Waals surface area contributed by atoms with Crippen LogP contribution in [-0.2, 0) is 14.3 Å². The second kappa shape index (κ2) is 6.68. The van der Waals surface area contributed by atoms with E-state index < -0.39 is 5.97 Å². The minimum atomic E-state index is -0.609. The fourth-order valence-electron chi connectivity index (χ4n) is 2.20. The summed E-state index contributed by atoms with van der Waals surface area (Å²) >= 11 is 5.96. The molecular weight excluding hydrogens is 328 g/mol. The predicted octanol–water partition coefficient (Wildman–Crippen LogP) is 3.54. The zero-order valence-electron chi connectivity index (χ0n) is 12.8. The van der Waals surface area contributed by atoms with E-state index in [1.807, 2.05) is 18.2 Å². The van der Waals surface area contributed by atoms with Crippen LogP contribution in [0.4, 0.5) is 5.69 Å². The standard InChI is InChI=1S/C18H13ClN2O3/c1-12(22)21(15-9-5-8-14(19)10-15)11-16-18(23)24-17(20-16)13-6-3-2-4-7-13/h2-11H,1H3. The topological polar surface area (TPSA) is 59.0 Å². The molecular formula is C18H13ClN2O3. The lowest BCUT2D eigenvalue weighted by molar-refractivity contribution is -0.130. The van der Waals surface area contributed by atoms with Crippen molar-refractivity contribution in [3.63, 3.8) is 0 Å². The largest absolute Gasteiger partial charge is 0.402 e. The molecule has 0 aromatic heterocycles. The van der Waals surface area contributed by atoms with E-state index >= 15 is 0 Å². The lowest BCUT2D eigenvalue weighted by atomic mass is 10.2. The monoisotopic (exact) mass is 340 g/mol. The fraction of sp³-hybridized carbons (Fsp3) is 0.0556. The van der Waals surface area contributed by atoms with Gasteiger partial charge in [-0.15, -0.1) is 0 Å². The van der Waals surface area contributed by atoms with Gasteiger partial charge in [0, 0.05) is 29.4 Å². The van der Waals surface area contributed by atoms with Crippen molar-refractivity contribution in [1.82, 2.24) is 0 Å². The Balaban J connectivity index is 1.97. The minimum Gasteiger partial charge on any atom is -0.402 e. The zero-order valence-corrected chi connectivity index (χ0v) is 13.5. The molecule has 24 heavy (non-hydrogen) atoms. The van der Waals surface area contributed by atoms with Gasteiger partial charge in [0.15, 0.2) is 5.70 Å². The van der Waals surface area contributed by atoms with Crippen LogP contribution >= 0.6 is 11.6 Å². The molecule has 1 heterocycles. The second-order valence-electron chi connectivity index (χ2n) is 5.06. The van der Waals surface area contributed by atoms with Gasteiger partial charge in [-0.1, -0.05) is 35.9 Å². The van der Waals surface area contributed by atoms with Crippen molar-refractivity contribution in [3.8, 4) is 0 Å². The Morgan fingerprint density at radius 3 is 2.58 bits per heavy atom. The van der Waals surface area contributed by atoms with Gasteiger partial charge in [-0.05, 0) is 30.3 Å². The molecule has 0 N–H and O–H groups in total. The van der Waals surface area contributed by atoms with Gasteiger partial charge in [0.25, 0.3) is 0 Å². The summed E-state index contributed by atoms with van der Waals surface area (Å²) in [7, 11) is 0.